The molecule has 1 nitrogen and oxygen atoms in total. The molecule has 4 aromatic rings. The zero-order chi connectivity index (χ0) is 22.6. The van der Waals surface area contributed by atoms with Crippen molar-refractivity contribution in [1.82, 2.24) is 4.98 Å². The van der Waals surface area contributed by atoms with Crippen LogP contribution in [0.3, 0.4) is 0 Å². The van der Waals surface area contributed by atoms with Gasteiger partial charge in [0.1, 0.15) is 0 Å². The van der Waals surface area contributed by atoms with Crippen molar-refractivity contribution >= 4 is 26.5 Å². The molecule has 0 saturated carbocycles. The number of benzene rings is 3. The van der Waals surface area contributed by atoms with Crippen LogP contribution in [0.15, 0.2) is 103 Å². The van der Waals surface area contributed by atoms with Gasteiger partial charge in [0.15, 0.2) is 0 Å². The fourth-order valence-electron chi connectivity index (χ4n) is 4.72. The maximum Gasteiger partial charge on any atom is 0.0849 e. The van der Waals surface area contributed by atoms with Crippen molar-refractivity contribution in [2.75, 3.05) is 0 Å². The van der Waals surface area contributed by atoms with Gasteiger partial charge in [-0.3, -0.25) is 4.98 Å². The molecule has 3 heteroatoms. The standard InChI is InChI=1S/C29H33NSi2/c1-31(2,26-16-7-5-8-17-26)22-24-14-13-15-25(29(24)28-20-11-12-21-30-28)23-32(3,4)27-18-9-6-10-19-27/h5-21H,22-23H2,1-4H3. The zero-order valence-electron chi connectivity index (χ0n) is 19.7. The fourth-order valence-corrected chi connectivity index (χ4v) is 9.81. The fraction of sp³-hybridized carbons (Fsp3) is 0.207. The average Bonchev–Trinajstić information content (AvgIpc) is 2.80. The van der Waals surface area contributed by atoms with E-state index in [0.717, 1.165) is 17.8 Å². The second kappa shape index (κ2) is 9.39. The summed E-state index contributed by atoms with van der Waals surface area (Å²) in [6, 6.07) is 37.6. The van der Waals surface area contributed by atoms with Gasteiger partial charge in [-0.2, -0.15) is 0 Å². The van der Waals surface area contributed by atoms with E-state index in [4.69, 9.17) is 4.98 Å². The minimum atomic E-state index is -1.65. The third-order valence-corrected chi connectivity index (χ3v) is 12.9. The number of nitrogens with zero attached hydrogens (tertiary/aromatic N) is 1. The largest absolute Gasteiger partial charge is 0.256 e. The molecule has 3 aromatic carbocycles. The van der Waals surface area contributed by atoms with Crippen LogP contribution in [0.4, 0.5) is 0 Å². The van der Waals surface area contributed by atoms with Gasteiger partial charge in [0, 0.05) is 11.8 Å². The zero-order valence-corrected chi connectivity index (χ0v) is 21.7. The van der Waals surface area contributed by atoms with Crippen LogP contribution in [0.2, 0.25) is 26.2 Å². The SMILES string of the molecule is C[Si](C)(Cc1cccc(C[Si](C)(C)c2ccccc2)c1-c1ccccn1)c1ccccc1. The summed E-state index contributed by atoms with van der Waals surface area (Å²) in [4.78, 5) is 4.81. The van der Waals surface area contributed by atoms with E-state index in [0.29, 0.717) is 0 Å². The average molecular weight is 452 g/mol. The minimum absolute atomic E-state index is 1.11. The predicted molar refractivity (Wildman–Crippen MR) is 144 cm³/mol. The van der Waals surface area contributed by atoms with Crippen molar-refractivity contribution in [2.24, 2.45) is 0 Å². The highest BCUT2D eigenvalue weighted by atomic mass is 28.3. The van der Waals surface area contributed by atoms with Gasteiger partial charge in [-0.15, -0.1) is 0 Å². The number of rotatable bonds is 7. The first-order valence-corrected chi connectivity index (χ1v) is 17.9. The van der Waals surface area contributed by atoms with Crippen molar-refractivity contribution in [1.29, 1.82) is 0 Å². The molecule has 32 heavy (non-hydrogen) atoms. The molecule has 0 fully saturated rings. The smallest absolute Gasteiger partial charge is 0.0849 e. The highest BCUT2D eigenvalue weighted by Crippen LogP contribution is 2.31. The molecule has 4 rings (SSSR count). The maximum absolute atomic E-state index is 4.81. The molecule has 0 radical (unpaired) electrons. The Morgan fingerprint density at radius 1 is 0.531 bits per heavy atom. The van der Waals surface area contributed by atoms with Crippen molar-refractivity contribution in [3.63, 3.8) is 0 Å². The van der Waals surface area contributed by atoms with Gasteiger partial charge < -0.3 is 0 Å². The molecule has 1 aromatic heterocycles. The molecule has 162 valence electrons. The van der Waals surface area contributed by atoms with E-state index < -0.39 is 16.1 Å². The van der Waals surface area contributed by atoms with E-state index in [1.807, 2.05) is 12.3 Å². The molecule has 0 aliphatic heterocycles. The summed E-state index contributed by atoms with van der Waals surface area (Å²) in [5.74, 6) is 0. The Labute approximate surface area is 195 Å². The lowest BCUT2D eigenvalue weighted by atomic mass is 9.99. The van der Waals surface area contributed by atoms with Crippen molar-refractivity contribution in [3.05, 3.63) is 114 Å². The lowest BCUT2D eigenvalue weighted by Gasteiger charge is -2.28. The Bertz CT molecular complexity index is 1080. The van der Waals surface area contributed by atoms with Gasteiger partial charge in [-0.05, 0) is 35.3 Å². The first-order valence-electron chi connectivity index (χ1n) is 11.5. The summed E-state index contributed by atoms with van der Waals surface area (Å²) in [7, 11) is -3.29. The highest BCUT2D eigenvalue weighted by Gasteiger charge is 2.29. The summed E-state index contributed by atoms with van der Waals surface area (Å²) in [5.41, 5.74) is 5.36. The number of hydrogen-bond acceptors (Lipinski definition) is 1. The Morgan fingerprint density at radius 3 is 1.44 bits per heavy atom. The first-order chi connectivity index (χ1) is 15.4. The van der Waals surface area contributed by atoms with Crippen molar-refractivity contribution in [3.8, 4) is 11.3 Å². The van der Waals surface area contributed by atoms with Crippen LogP contribution in [0.1, 0.15) is 11.1 Å². The lowest BCUT2D eigenvalue weighted by Crippen LogP contribution is -2.45. The van der Waals surface area contributed by atoms with Gasteiger partial charge >= 0.3 is 0 Å². The quantitative estimate of drug-likeness (QED) is 0.307. The van der Waals surface area contributed by atoms with Crippen LogP contribution in [0.5, 0.6) is 0 Å². The third kappa shape index (κ3) is 5.00. The van der Waals surface area contributed by atoms with Gasteiger partial charge in [-0.25, -0.2) is 0 Å². The normalized spacial score (nSPS) is 12.0. The molecule has 1 heterocycles. The molecule has 0 aliphatic carbocycles. The molecule has 0 unspecified atom stereocenters. The Balaban J connectivity index is 1.78. The number of hydrogen-bond donors (Lipinski definition) is 0. The third-order valence-electron chi connectivity index (χ3n) is 6.53. The summed E-state index contributed by atoms with van der Waals surface area (Å²) >= 11 is 0. The summed E-state index contributed by atoms with van der Waals surface area (Å²) in [5, 5.41) is 3.02. The molecular weight excluding hydrogens is 418 g/mol. The highest BCUT2D eigenvalue weighted by molar-refractivity contribution is 6.89. The second-order valence-electron chi connectivity index (χ2n) is 10.0. The van der Waals surface area contributed by atoms with Crippen molar-refractivity contribution in [2.45, 2.75) is 38.3 Å². The van der Waals surface area contributed by atoms with Crippen LogP contribution < -0.4 is 10.4 Å². The van der Waals surface area contributed by atoms with E-state index in [2.05, 4.69) is 117 Å². The first kappa shape index (κ1) is 22.4. The van der Waals surface area contributed by atoms with Crippen LogP contribution in [0.25, 0.3) is 11.3 Å². The Morgan fingerprint density at radius 2 is 1.00 bits per heavy atom. The molecule has 0 N–H and O–H groups in total. The lowest BCUT2D eigenvalue weighted by molar-refractivity contribution is 1.22. The maximum atomic E-state index is 4.81. The minimum Gasteiger partial charge on any atom is -0.256 e. The van der Waals surface area contributed by atoms with Crippen molar-refractivity contribution < 1.29 is 0 Å². The molecule has 0 saturated heterocycles. The molecule has 0 aliphatic rings. The van der Waals surface area contributed by atoms with Gasteiger partial charge in [-0.1, -0.05) is 121 Å². The van der Waals surface area contributed by atoms with E-state index in [9.17, 15) is 0 Å². The van der Waals surface area contributed by atoms with Gasteiger partial charge in [0.25, 0.3) is 0 Å². The van der Waals surface area contributed by atoms with Crippen LogP contribution in [-0.4, -0.2) is 21.1 Å². The number of pyridine rings is 1. The van der Waals surface area contributed by atoms with E-state index >= 15 is 0 Å². The molecule has 0 spiro atoms. The molecular formula is C29H33NSi2. The van der Waals surface area contributed by atoms with Gasteiger partial charge in [0.2, 0.25) is 0 Å². The van der Waals surface area contributed by atoms with E-state index in [-0.39, 0.29) is 0 Å². The summed E-state index contributed by atoms with van der Waals surface area (Å²) < 4.78 is 0. The summed E-state index contributed by atoms with van der Waals surface area (Å²) in [6.45, 7) is 9.94. The molecule has 0 atom stereocenters. The van der Waals surface area contributed by atoms with E-state index in [1.165, 1.54) is 27.1 Å². The number of aromatic nitrogens is 1. The Kier molecular flexibility index (Phi) is 6.59. The topological polar surface area (TPSA) is 12.9 Å². The summed E-state index contributed by atoms with van der Waals surface area (Å²) in [6.07, 6.45) is 1.93. The second-order valence-corrected chi connectivity index (χ2v) is 19.4. The van der Waals surface area contributed by atoms with Gasteiger partial charge in [0.05, 0.1) is 21.8 Å². The molecule has 0 bridgehead atoms. The Hall–Kier alpha value is -2.76. The van der Waals surface area contributed by atoms with Crippen LogP contribution in [0, 0.1) is 0 Å². The predicted octanol–water partition coefficient (Wildman–Crippen LogP) is 6.14. The van der Waals surface area contributed by atoms with Crippen LogP contribution >= 0.6 is 0 Å². The van der Waals surface area contributed by atoms with E-state index in [1.54, 1.807) is 0 Å². The molecule has 0 amide bonds. The van der Waals surface area contributed by atoms with Crippen LogP contribution in [-0.2, 0) is 12.1 Å². The monoisotopic (exact) mass is 451 g/mol.